The Morgan fingerprint density at radius 2 is 1.80 bits per heavy atom. The predicted octanol–water partition coefficient (Wildman–Crippen LogP) is 4.73. The van der Waals surface area contributed by atoms with Crippen molar-refractivity contribution in [2.24, 2.45) is 5.92 Å². The fraction of sp³-hybridized carbons (Fsp3) is 0.647. The van der Waals surface area contributed by atoms with E-state index in [0.717, 1.165) is 6.42 Å². The van der Waals surface area contributed by atoms with Gasteiger partial charge in [0.15, 0.2) is 0 Å². The summed E-state index contributed by atoms with van der Waals surface area (Å²) in [5.41, 5.74) is 0.103. The van der Waals surface area contributed by atoms with E-state index in [-0.39, 0.29) is 18.2 Å². The predicted molar refractivity (Wildman–Crippen MR) is 79.0 cm³/mol. The van der Waals surface area contributed by atoms with E-state index < -0.39 is 5.92 Å². The summed E-state index contributed by atoms with van der Waals surface area (Å²) in [5.74, 6) is -2.22. The molecule has 3 heteroatoms. The van der Waals surface area contributed by atoms with Crippen molar-refractivity contribution in [1.29, 1.82) is 0 Å². The Morgan fingerprint density at radius 1 is 1.15 bits per heavy atom. The molecule has 1 N–H and O–H groups in total. The lowest BCUT2D eigenvalue weighted by molar-refractivity contribution is -0.00837. The largest absolute Gasteiger partial charge is 0.308 e. The van der Waals surface area contributed by atoms with Gasteiger partial charge in [-0.05, 0) is 25.2 Å². The molecule has 1 aromatic rings. The zero-order chi connectivity index (χ0) is 14.4. The molecule has 0 heterocycles. The molecule has 0 bridgehead atoms. The number of rotatable bonds is 6. The van der Waals surface area contributed by atoms with Crippen molar-refractivity contribution >= 4 is 0 Å². The van der Waals surface area contributed by atoms with Gasteiger partial charge in [0.25, 0.3) is 5.92 Å². The smallest absolute Gasteiger partial charge is 0.285 e. The summed E-state index contributed by atoms with van der Waals surface area (Å²) in [6.45, 7) is 1.83. The lowest BCUT2D eigenvalue weighted by Crippen LogP contribution is -2.42. The van der Waals surface area contributed by atoms with Crippen LogP contribution in [0.1, 0.15) is 51.0 Å². The molecule has 1 aliphatic rings. The first-order valence-corrected chi connectivity index (χ1v) is 7.80. The number of alkyl halides is 2. The molecule has 0 aromatic heterocycles. The van der Waals surface area contributed by atoms with Crippen molar-refractivity contribution in [2.75, 3.05) is 6.54 Å². The van der Waals surface area contributed by atoms with Gasteiger partial charge < -0.3 is 5.32 Å². The Kier molecular flexibility index (Phi) is 5.53. The fourth-order valence-electron chi connectivity index (χ4n) is 3.22. The summed E-state index contributed by atoms with van der Waals surface area (Å²) in [7, 11) is 0. The van der Waals surface area contributed by atoms with E-state index >= 15 is 0 Å². The summed E-state index contributed by atoms with van der Waals surface area (Å²) in [6, 6.07) is 8.34. The van der Waals surface area contributed by atoms with Crippen LogP contribution in [0.25, 0.3) is 0 Å². The first-order valence-electron chi connectivity index (χ1n) is 7.80. The molecule has 1 saturated carbocycles. The maximum Gasteiger partial charge on any atom is 0.285 e. The average molecular weight is 281 g/mol. The average Bonchev–Trinajstić information content (AvgIpc) is 2.50. The third kappa shape index (κ3) is 4.02. The minimum atomic E-state index is -2.79. The van der Waals surface area contributed by atoms with Gasteiger partial charge in [0.2, 0.25) is 0 Å². The van der Waals surface area contributed by atoms with E-state index in [9.17, 15) is 8.78 Å². The molecule has 1 atom stereocenters. The second kappa shape index (κ2) is 7.16. The minimum Gasteiger partial charge on any atom is -0.308 e. The standard InChI is InChI=1S/C17H25F2N/c1-2-16(14-9-5-3-6-10-14)20-13-17(18,19)15-11-7-4-8-12-15/h4,7-8,11-12,14,16,20H,2-3,5-6,9-10,13H2,1H3. The summed E-state index contributed by atoms with van der Waals surface area (Å²) in [4.78, 5) is 0. The van der Waals surface area contributed by atoms with Gasteiger partial charge in [-0.1, -0.05) is 56.5 Å². The van der Waals surface area contributed by atoms with Crippen LogP contribution in [0.3, 0.4) is 0 Å². The molecule has 1 aliphatic carbocycles. The monoisotopic (exact) mass is 281 g/mol. The van der Waals surface area contributed by atoms with Crippen molar-refractivity contribution in [3.05, 3.63) is 35.9 Å². The lowest BCUT2D eigenvalue weighted by atomic mass is 9.83. The molecular formula is C17H25F2N. The molecule has 112 valence electrons. The Bertz CT molecular complexity index is 385. The van der Waals surface area contributed by atoms with E-state index in [1.54, 1.807) is 18.2 Å². The van der Waals surface area contributed by atoms with E-state index in [4.69, 9.17) is 0 Å². The van der Waals surface area contributed by atoms with Gasteiger partial charge in [0.1, 0.15) is 0 Å². The van der Waals surface area contributed by atoms with Crippen LogP contribution in [0.2, 0.25) is 0 Å². The molecule has 1 aromatic carbocycles. The van der Waals surface area contributed by atoms with Crippen molar-refractivity contribution in [3.63, 3.8) is 0 Å². The van der Waals surface area contributed by atoms with E-state index in [1.807, 2.05) is 0 Å². The normalized spacial score (nSPS) is 18.9. The van der Waals surface area contributed by atoms with Gasteiger partial charge >= 0.3 is 0 Å². The van der Waals surface area contributed by atoms with Crippen molar-refractivity contribution < 1.29 is 8.78 Å². The van der Waals surface area contributed by atoms with E-state index in [0.29, 0.717) is 5.92 Å². The summed E-state index contributed by atoms with van der Waals surface area (Å²) >= 11 is 0. The van der Waals surface area contributed by atoms with Gasteiger partial charge in [-0.25, -0.2) is 0 Å². The summed E-state index contributed by atoms with van der Waals surface area (Å²) < 4.78 is 28.3. The highest BCUT2D eigenvalue weighted by Gasteiger charge is 2.33. The molecule has 20 heavy (non-hydrogen) atoms. The highest BCUT2D eigenvalue weighted by atomic mass is 19.3. The molecule has 0 aliphatic heterocycles. The molecule has 1 fully saturated rings. The topological polar surface area (TPSA) is 12.0 Å². The Morgan fingerprint density at radius 3 is 2.40 bits per heavy atom. The van der Waals surface area contributed by atoms with Crippen LogP contribution in [0, 0.1) is 5.92 Å². The molecular weight excluding hydrogens is 256 g/mol. The molecule has 2 rings (SSSR count). The molecule has 0 radical (unpaired) electrons. The van der Waals surface area contributed by atoms with Crippen molar-refractivity contribution in [3.8, 4) is 0 Å². The van der Waals surface area contributed by atoms with Gasteiger partial charge in [0, 0.05) is 11.6 Å². The summed E-state index contributed by atoms with van der Waals surface area (Å²) in [5, 5.41) is 3.13. The second-order valence-corrected chi connectivity index (χ2v) is 5.86. The number of nitrogens with one attached hydrogen (secondary N) is 1. The fourth-order valence-corrected chi connectivity index (χ4v) is 3.22. The second-order valence-electron chi connectivity index (χ2n) is 5.86. The van der Waals surface area contributed by atoms with Gasteiger partial charge in [-0.15, -0.1) is 0 Å². The van der Waals surface area contributed by atoms with Crippen LogP contribution in [0.15, 0.2) is 30.3 Å². The van der Waals surface area contributed by atoms with Gasteiger partial charge in [-0.3, -0.25) is 0 Å². The first-order chi connectivity index (χ1) is 9.63. The quantitative estimate of drug-likeness (QED) is 0.795. The van der Waals surface area contributed by atoms with E-state index in [2.05, 4.69) is 12.2 Å². The number of halogens is 2. The maximum atomic E-state index is 14.2. The van der Waals surface area contributed by atoms with Crippen LogP contribution in [0.4, 0.5) is 8.78 Å². The van der Waals surface area contributed by atoms with Crippen LogP contribution in [-0.4, -0.2) is 12.6 Å². The van der Waals surface area contributed by atoms with Gasteiger partial charge in [0.05, 0.1) is 6.54 Å². The Balaban J connectivity index is 1.91. The molecule has 0 saturated heterocycles. The number of benzene rings is 1. The Hall–Kier alpha value is -0.960. The Labute approximate surface area is 120 Å². The van der Waals surface area contributed by atoms with Crippen LogP contribution in [0.5, 0.6) is 0 Å². The minimum absolute atomic E-state index is 0.103. The molecule has 0 spiro atoms. The third-order valence-electron chi connectivity index (χ3n) is 4.44. The first kappa shape index (κ1) is 15.4. The van der Waals surface area contributed by atoms with Gasteiger partial charge in [-0.2, -0.15) is 8.78 Å². The highest BCUT2D eigenvalue weighted by molar-refractivity contribution is 5.20. The molecule has 1 nitrogen and oxygen atoms in total. The van der Waals surface area contributed by atoms with Crippen LogP contribution >= 0.6 is 0 Å². The highest BCUT2D eigenvalue weighted by Crippen LogP contribution is 2.30. The summed E-state index contributed by atoms with van der Waals surface area (Å²) in [6.07, 6.45) is 7.09. The molecule has 1 unspecified atom stereocenters. The maximum absolute atomic E-state index is 14.2. The van der Waals surface area contributed by atoms with Crippen LogP contribution in [-0.2, 0) is 5.92 Å². The zero-order valence-electron chi connectivity index (χ0n) is 12.2. The number of hydrogen-bond acceptors (Lipinski definition) is 1. The SMILES string of the molecule is CCC(NCC(F)(F)c1ccccc1)C1CCCCC1. The van der Waals surface area contributed by atoms with Crippen LogP contribution < -0.4 is 5.32 Å². The van der Waals surface area contributed by atoms with Crippen molar-refractivity contribution in [2.45, 2.75) is 57.4 Å². The lowest BCUT2D eigenvalue weighted by Gasteiger charge is -2.31. The van der Waals surface area contributed by atoms with E-state index in [1.165, 1.54) is 44.2 Å². The van der Waals surface area contributed by atoms with Crippen molar-refractivity contribution in [1.82, 2.24) is 5.32 Å². The third-order valence-corrected chi connectivity index (χ3v) is 4.44. The zero-order valence-corrected chi connectivity index (χ0v) is 12.2. The molecule has 0 amide bonds. The number of hydrogen-bond donors (Lipinski definition) is 1.